The fourth-order valence-corrected chi connectivity index (χ4v) is 2.95. The highest BCUT2D eigenvalue weighted by molar-refractivity contribution is 6.07. The normalized spacial score (nSPS) is 19.0. The van der Waals surface area contributed by atoms with Crippen LogP contribution in [0.2, 0.25) is 0 Å². The van der Waals surface area contributed by atoms with Crippen molar-refractivity contribution in [1.82, 2.24) is 19.6 Å². The second kappa shape index (κ2) is 10.1. The number of hydrogen-bond acceptors (Lipinski definition) is 4. The van der Waals surface area contributed by atoms with Crippen LogP contribution in [0.15, 0.2) is 12.2 Å². The summed E-state index contributed by atoms with van der Waals surface area (Å²) in [7, 11) is 3.76. The minimum atomic E-state index is -4.73. The van der Waals surface area contributed by atoms with E-state index in [1.165, 1.54) is 0 Å². The molecule has 1 heterocycles. The molecule has 0 saturated carbocycles. The summed E-state index contributed by atoms with van der Waals surface area (Å²) in [5.41, 5.74) is -0.588. The molecule has 1 aliphatic rings. The van der Waals surface area contributed by atoms with Gasteiger partial charge in [-0.1, -0.05) is 20.4 Å². The van der Waals surface area contributed by atoms with Gasteiger partial charge in [0.05, 0.1) is 0 Å². The topological polar surface area (TPSA) is 47.1 Å². The van der Waals surface area contributed by atoms with Gasteiger partial charge in [-0.3, -0.25) is 9.69 Å². The first kappa shape index (κ1) is 23.4. The maximum absolute atomic E-state index is 13.5. The number of amides is 3. The lowest BCUT2D eigenvalue weighted by Gasteiger charge is -2.42. The summed E-state index contributed by atoms with van der Waals surface area (Å²) in [6, 6.07) is -3.13. The molecule has 156 valence electrons. The predicted octanol–water partition coefficient (Wildman–Crippen LogP) is 2.42. The Balaban J connectivity index is 2.93. The van der Waals surface area contributed by atoms with Crippen molar-refractivity contribution in [3.05, 3.63) is 12.2 Å². The lowest BCUT2D eigenvalue weighted by atomic mass is 10.0. The largest absolute Gasteiger partial charge is 0.413 e. The number of hydrogen-bond donors (Lipinski definition) is 0. The predicted molar refractivity (Wildman–Crippen MR) is 98.4 cm³/mol. The van der Waals surface area contributed by atoms with Crippen LogP contribution in [-0.4, -0.2) is 97.1 Å². The Hall–Kier alpha value is -1.61. The van der Waals surface area contributed by atoms with E-state index in [2.05, 4.69) is 6.58 Å². The number of rotatable bonds is 10. The van der Waals surface area contributed by atoms with E-state index in [1.54, 1.807) is 0 Å². The molecule has 0 N–H and O–H groups in total. The van der Waals surface area contributed by atoms with E-state index in [-0.39, 0.29) is 13.1 Å². The highest BCUT2D eigenvalue weighted by Gasteiger charge is 2.54. The van der Waals surface area contributed by atoms with Gasteiger partial charge in [-0.05, 0) is 53.1 Å². The zero-order valence-corrected chi connectivity index (χ0v) is 16.7. The number of carbonyl (C=O) groups is 2. The number of alkyl halides is 3. The van der Waals surface area contributed by atoms with Crippen LogP contribution in [0.5, 0.6) is 0 Å². The molecular formula is C18H31F3N4O2. The van der Waals surface area contributed by atoms with E-state index >= 15 is 0 Å². The molecule has 1 saturated heterocycles. The van der Waals surface area contributed by atoms with Crippen LogP contribution in [-0.2, 0) is 4.79 Å². The summed E-state index contributed by atoms with van der Waals surface area (Å²) >= 11 is 0. The molecule has 0 spiro atoms. The van der Waals surface area contributed by atoms with Gasteiger partial charge >= 0.3 is 12.2 Å². The van der Waals surface area contributed by atoms with Crippen molar-refractivity contribution in [3.63, 3.8) is 0 Å². The average molecular weight is 392 g/mol. The molecule has 27 heavy (non-hydrogen) atoms. The Labute approximate surface area is 159 Å². The standard InChI is InChI=1S/C18H31F3N4O2/c1-6-22(4)10-8-12-24-15(18(19,20)21)14(3)16(26)25(17(24)27)13-9-11-23(5)7-2/h15H,3,6-13H2,1-2,4-5H3. The van der Waals surface area contributed by atoms with Crippen LogP contribution in [0.1, 0.15) is 26.7 Å². The maximum atomic E-state index is 13.5. The van der Waals surface area contributed by atoms with Crippen molar-refractivity contribution in [3.8, 4) is 0 Å². The van der Waals surface area contributed by atoms with Gasteiger partial charge in [-0.15, -0.1) is 0 Å². The highest BCUT2D eigenvalue weighted by Crippen LogP contribution is 2.34. The van der Waals surface area contributed by atoms with E-state index < -0.39 is 29.7 Å². The number of imide groups is 1. The minimum Gasteiger partial charge on any atom is -0.308 e. The van der Waals surface area contributed by atoms with Crippen molar-refractivity contribution in [2.45, 2.75) is 38.9 Å². The van der Waals surface area contributed by atoms with Crippen LogP contribution < -0.4 is 0 Å². The van der Waals surface area contributed by atoms with E-state index in [0.29, 0.717) is 25.9 Å². The van der Waals surface area contributed by atoms with E-state index in [9.17, 15) is 22.8 Å². The monoisotopic (exact) mass is 392 g/mol. The molecule has 1 aliphatic heterocycles. The van der Waals surface area contributed by atoms with Gasteiger partial charge in [0.15, 0.2) is 6.04 Å². The van der Waals surface area contributed by atoms with Crippen LogP contribution in [0.4, 0.5) is 18.0 Å². The van der Waals surface area contributed by atoms with Gasteiger partial charge in [0.1, 0.15) is 0 Å². The maximum Gasteiger partial charge on any atom is 0.413 e. The Bertz CT molecular complexity index is 539. The third-order valence-corrected chi connectivity index (χ3v) is 4.89. The number of urea groups is 1. The smallest absolute Gasteiger partial charge is 0.308 e. The SMILES string of the molecule is C=C1C(=O)N(CCCN(C)CC)C(=O)N(CCCN(C)CC)C1C(F)(F)F. The van der Waals surface area contributed by atoms with Crippen LogP contribution in [0.3, 0.4) is 0 Å². The van der Waals surface area contributed by atoms with Gasteiger partial charge in [-0.25, -0.2) is 4.79 Å². The van der Waals surface area contributed by atoms with Crippen molar-refractivity contribution < 1.29 is 22.8 Å². The van der Waals surface area contributed by atoms with Crippen molar-refractivity contribution >= 4 is 11.9 Å². The second-order valence-electron chi connectivity index (χ2n) is 6.90. The zero-order chi connectivity index (χ0) is 20.8. The molecule has 0 bridgehead atoms. The third kappa shape index (κ3) is 6.21. The Kier molecular flexibility index (Phi) is 8.74. The summed E-state index contributed by atoms with van der Waals surface area (Å²) in [6.07, 6.45) is -3.84. The number of nitrogens with zero attached hydrogens (tertiary/aromatic N) is 4. The molecule has 0 radical (unpaired) electrons. The Morgan fingerprint density at radius 3 is 1.93 bits per heavy atom. The van der Waals surface area contributed by atoms with Crippen LogP contribution in [0, 0.1) is 0 Å². The average Bonchev–Trinajstić information content (AvgIpc) is 2.60. The zero-order valence-electron chi connectivity index (χ0n) is 16.7. The molecule has 0 aromatic carbocycles. The molecule has 1 unspecified atom stereocenters. The molecule has 1 fully saturated rings. The number of halogens is 3. The lowest BCUT2D eigenvalue weighted by Crippen LogP contribution is -2.62. The first-order valence-electron chi connectivity index (χ1n) is 9.29. The first-order chi connectivity index (χ1) is 12.5. The molecule has 0 aliphatic carbocycles. The fraction of sp³-hybridized carbons (Fsp3) is 0.778. The van der Waals surface area contributed by atoms with Crippen molar-refractivity contribution in [2.24, 2.45) is 0 Å². The molecule has 3 amide bonds. The summed E-state index contributed by atoms with van der Waals surface area (Å²) in [4.78, 5) is 30.7. The summed E-state index contributed by atoms with van der Waals surface area (Å²) in [6.45, 7) is 10.1. The Morgan fingerprint density at radius 2 is 1.48 bits per heavy atom. The molecule has 1 rings (SSSR count). The van der Waals surface area contributed by atoms with Crippen LogP contribution in [0.25, 0.3) is 0 Å². The molecule has 6 nitrogen and oxygen atoms in total. The molecular weight excluding hydrogens is 361 g/mol. The van der Waals surface area contributed by atoms with E-state index in [0.717, 1.165) is 22.9 Å². The summed E-state index contributed by atoms with van der Waals surface area (Å²) in [5.74, 6) is -0.927. The van der Waals surface area contributed by atoms with Crippen molar-refractivity contribution in [2.75, 3.05) is 53.4 Å². The summed E-state index contributed by atoms with van der Waals surface area (Å²) < 4.78 is 40.6. The lowest BCUT2D eigenvalue weighted by molar-refractivity contribution is -0.175. The molecule has 1 atom stereocenters. The van der Waals surface area contributed by atoms with Gasteiger partial charge in [0.25, 0.3) is 5.91 Å². The minimum absolute atomic E-state index is 0.0784. The molecule has 9 heteroatoms. The molecule has 0 aromatic rings. The third-order valence-electron chi connectivity index (χ3n) is 4.89. The van der Waals surface area contributed by atoms with Gasteiger partial charge in [0.2, 0.25) is 0 Å². The summed E-state index contributed by atoms with van der Waals surface area (Å²) in [5, 5.41) is 0. The van der Waals surface area contributed by atoms with Gasteiger partial charge in [-0.2, -0.15) is 13.2 Å². The number of carbonyl (C=O) groups excluding carboxylic acids is 2. The van der Waals surface area contributed by atoms with E-state index in [1.807, 2.05) is 37.7 Å². The van der Waals surface area contributed by atoms with Gasteiger partial charge < -0.3 is 14.7 Å². The molecule has 0 aromatic heterocycles. The van der Waals surface area contributed by atoms with E-state index in [4.69, 9.17) is 0 Å². The quantitative estimate of drug-likeness (QED) is 0.536. The fourth-order valence-electron chi connectivity index (χ4n) is 2.95. The highest BCUT2D eigenvalue weighted by atomic mass is 19.4. The Morgan fingerprint density at radius 1 is 1.00 bits per heavy atom. The first-order valence-corrected chi connectivity index (χ1v) is 9.29. The van der Waals surface area contributed by atoms with Crippen molar-refractivity contribution in [1.29, 1.82) is 0 Å². The van der Waals surface area contributed by atoms with Crippen LogP contribution >= 0.6 is 0 Å². The van der Waals surface area contributed by atoms with Gasteiger partial charge in [0, 0.05) is 18.7 Å². The second-order valence-corrected chi connectivity index (χ2v) is 6.90.